The van der Waals surface area contributed by atoms with E-state index >= 15 is 0 Å². The molecule has 0 aromatic heterocycles. The van der Waals surface area contributed by atoms with Gasteiger partial charge >= 0.3 is 0 Å². The lowest BCUT2D eigenvalue weighted by Gasteiger charge is -2.34. The summed E-state index contributed by atoms with van der Waals surface area (Å²) in [5.41, 5.74) is 10.7. The maximum atomic E-state index is 2.57. The fraction of sp³-hybridized carbons (Fsp3) is 0.400. The van der Waals surface area contributed by atoms with E-state index < -0.39 is 0 Å². The van der Waals surface area contributed by atoms with Crippen LogP contribution in [0.2, 0.25) is 0 Å². The highest BCUT2D eigenvalue weighted by molar-refractivity contribution is 6.05. The van der Waals surface area contributed by atoms with Gasteiger partial charge < -0.3 is 0 Å². The molecule has 0 fully saturated rings. The van der Waals surface area contributed by atoms with E-state index in [1.54, 1.807) is 16.7 Å². The number of rotatable bonds is 7. The SMILES string of the molecule is CCCCCCCCC12C=CCc3c1c(c1ccccc1c3C)-c1ccc(C)cc12. The Hall–Kier alpha value is -2.34. The summed E-state index contributed by atoms with van der Waals surface area (Å²) in [7, 11) is 0. The first-order valence-corrected chi connectivity index (χ1v) is 12.0. The number of unbranched alkanes of at least 4 members (excludes halogenated alkanes) is 5. The maximum Gasteiger partial charge on any atom is 0.0397 e. The Morgan fingerprint density at radius 1 is 0.867 bits per heavy atom. The van der Waals surface area contributed by atoms with Crippen molar-refractivity contribution >= 4 is 10.8 Å². The van der Waals surface area contributed by atoms with Crippen LogP contribution in [0, 0.1) is 13.8 Å². The highest BCUT2D eigenvalue weighted by Gasteiger charge is 2.45. The lowest BCUT2D eigenvalue weighted by molar-refractivity contribution is 0.511. The Morgan fingerprint density at radius 2 is 1.63 bits per heavy atom. The average molecular weight is 395 g/mol. The van der Waals surface area contributed by atoms with Crippen molar-refractivity contribution in [2.24, 2.45) is 0 Å². The molecule has 0 aliphatic heterocycles. The minimum Gasteiger partial charge on any atom is -0.0829 e. The summed E-state index contributed by atoms with van der Waals surface area (Å²) in [4.78, 5) is 0. The molecule has 0 saturated heterocycles. The van der Waals surface area contributed by atoms with Crippen molar-refractivity contribution in [3.8, 4) is 11.1 Å². The molecule has 5 rings (SSSR count). The van der Waals surface area contributed by atoms with Crippen molar-refractivity contribution < 1.29 is 0 Å². The van der Waals surface area contributed by atoms with Crippen molar-refractivity contribution in [2.75, 3.05) is 0 Å². The van der Waals surface area contributed by atoms with Crippen molar-refractivity contribution in [1.82, 2.24) is 0 Å². The average Bonchev–Trinajstić information content (AvgIpc) is 3.05. The Labute approximate surface area is 182 Å². The number of hydrogen-bond acceptors (Lipinski definition) is 0. The highest BCUT2D eigenvalue weighted by atomic mass is 14.5. The summed E-state index contributed by atoms with van der Waals surface area (Å²) < 4.78 is 0. The maximum absolute atomic E-state index is 2.57. The van der Waals surface area contributed by atoms with Gasteiger partial charge in [-0.05, 0) is 70.8 Å². The van der Waals surface area contributed by atoms with Gasteiger partial charge in [-0.2, -0.15) is 0 Å². The van der Waals surface area contributed by atoms with E-state index in [0.717, 1.165) is 6.42 Å². The van der Waals surface area contributed by atoms with Crippen molar-refractivity contribution in [3.63, 3.8) is 0 Å². The molecule has 154 valence electrons. The molecule has 1 unspecified atom stereocenters. The van der Waals surface area contributed by atoms with Crippen molar-refractivity contribution in [3.05, 3.63) is 82.4 Å². The predicted molar refractivity (Wildman–Crippen MR) is 130 cm³/mol. The van der Waals surface area contributed by atoms with E-state index in [1.165, 1.54) is 78.0 Å². The molecule has 0 heteroatoms. The Morgan fingerprint density at radius 3 is 2.47 bits per heavy atom. The van der Waals surface area contributed by atoms with Gasteiger partial charge in [0.05, 0.1) is 0 Å². The Bertz CT molecular complexity index is 1130. The Kier molecular flexibility index (Phi) is 5.05. The van der Waals surface area contributed by atoms with Crippen LogP contribution < -0.4 is 0 Å². The molecule has 0 heterocycles. The molecule has 1 atom stereocenters. The lowest BCUT2D eigenvalue weighted by atomic mass is 9.68. The third-order valence-electron chi connectivity index (χ3n) is 7.63. The van der Waals surface area contributed by atoms with Crippen LogP contribution in [0.3, 0.4) is 0 Å². The summed E-state index contributed by atoms with van der Waals surface area (Å²) in [6, 6.07) is 16.3. The van der Waals surface area contributed by atoms with Gasteiger partial charge in [-0.15, -0.1) is 0 Å². The molecule has 0 bridgehead atoms. The van der Waals surface area contributed by atoms with Gasteiger partial charge in [0.1, 0.15) is 0 Å². The molecular weight excluding hydrogens is 360 g/mol. The Balaban J connectivity index is 1.67. The molecular formula is C30H34. The van der Waals surface area contributed by atoms with Gasteiger partial charge in [0, 0.05) is 5.41 Å². The molecule has 0 radical (unpaired) electrons. The second-order valence-electron chi connectivity index (χ2n) is 9.54. The summed E-state index contributed by atoms with van der Waals surface area (Å²) >= 11 is 0. The van der Waals surface area contributed by atoms with Crippen molar-refractivity contribution in [2.45, 2.75) is 77.6 Å². The topological polar surface area (TPSA) is 0 Å². The van der Waals surface area contributed by atoms with Gasteiger partial charge in [-0.25, -0.2) is 0 Å². The van der Waals surface area contributed by atoms with Gasteiger partial charge in [0.2, 0.25) is 0 Å². The van der Waals surface area contributed by atoms with Gasteiger partial charge in [-0.1, -0.05) is 106 Å². The lowest BCUT2D eigenvalue weighted by Crippen LogP contribution is -2.27. The van der Waals surface area contributed by atoms with Gasteiger partial charge in [0.25, 0.3) is 0 Å². The summed E-state index contributed by atoms with van der Waals surface area (Å²) in [5, 5.41) is 2.88. The van der Waals surface area contributed by atoms with Gasteiger partial charge in [-0.3, -0.25) is 0 Å². The molecule has 0 nitrogen and oxygen atoms in total. The van der Waals surface area contributed by atoms with Crippen molar-refractivity contribution in [1.29, 1.82) is 0 Å². The van der Waals surface area contributed by atoms with Crippen LogP contribution in [0.5, 0.6) is 0 Å². The van der Waals surface area contributed by atoms with Crippen LogP contribution in [-0.2, 0) is 11.8 Å². The number of allylic oxidation sites excluding steroid dienone is 2. The monoisotopic (exact) mass is 394 g/mol. The van der Waals surface area contributed by atoms with E-state index in [4.69, 9.17) is 0 Å². The standard InChI is InChI=1S/C30H34/c1-4-5-6-7-8-11-18-30-19-12-15-24-22(3)23-13-9-10-14-25(23)28(29(24)30)26-17-16-21(2)20-27(26)30/h9-10,12-14,16-17,19-20H,4-8,11,15,18H2,1-3H3. The predicted octanol–water partition coefficient (Wildman–Crippen LogP) is 8.59. The molecule has 2 aliphatic rings. The zero-order valence-electron chi connectivity index (χ0n) is 18.9. The first-order valence-electron chi connectivity index (χ1n) is 12.0. The quantitative estimate of drug-likeness (QED) is 0.278. The van der Waals surface area contributed by atoms with E-state index in [2.05, 4.69) is 75.4 Å². The zero-order chi connectivity index (χ0) is 20.7. The molecule has 30 heavy (non-hydrogen) atoms. The van der Waals surface area contributed by atoms with Crippen LogP contribution in [0.25, 0.3) is 21.9 Å². The van der Waals surface area contributed by atoms with E-state index in [9.17, 15) is 0 Å². The number of aryl methyl sites for hydroxylation is 2. The number of benzene rings is 3. The third-order valence-corrected chi connectivity index (χ3v) is 7.63. The van der Waals surface area contributed by atoms with Crippen LogP contribution in [0.4, 0.5) is 0 Å². The fourth-order valence-electron chi connectivity index (χ4n) is 6.15. The molecule has 3 aromatic rings. The summed E-state index contributed by atoms with van der Waals surface area (Å²) in [6.45, 7) is 6.90. The van der Waals surface area contributed by atoms with E-state index in [0.29, 0.717) is 0 Å². The second kappa shape index (κ2) is 7.73. The molecule has 0 saturated carbocycles. The zero-order valence-corrected chi connectivity index (χ0v) is 18.9. The van der Waals surface area contributed by atoms with Crippen LogP contribution in [0.15, 0.2) is 54.6 Å². The second-order valence-corrected chi connectivity index (χ2v) is 9.54. The highest BCUT2D eigenvalue weighted by Crippen LogP contribution is 2.58. The molecule has 0 amide bonds. The van der Waals surface area contributed by atoms with Gasteiger partial charge in [0.15, 0.2) is 0 Å². The largest absolute Gasteiger partial charge is 0.0829 e. The van der Waals surface area contributed by atoms with Crippen LogP contribution in [-0.4, -0.2) is 0 Å². The fourth-order valence-corrected chi connectivity index (χ4v) is 6.15. The molecule has 2 aliphatic carbocycles. The first kappa shape index (κ1) is 19.6. The normalized spacial score (nSPS) is 18.6. The smallest absolute Gasteiger partial charge is 0.0397 e. The summed E-state index contributed by atoms with van der Waals surface area (Å²) in [5.74, 6) is 0. The number of hydrogen-bond donors (Lipinski definition) is 0. The molecule has 0 N–H and O–H groups in total. The molecule has 0 spiro atoms. The van der Waals surface area contributed by atoms with Crippen LogP contribution >= 0.6 is 0 Å². The van der Waals surface area contributed by atoms with E-state index in [1.807, 2.05) is 0 Å². The van der Waals surface area contributed by atoms with Crippen LogP contribution in [0.1, 0.15) is 79.7 Å². The summed E-state index contributed by atoms with van der Waals surface area (Å²) in [6.07, 6.45) is 15.5. The minimum absolute atomic E-state index is 0.0732. The molecule has 3 aromatic carbocycles. The minimum atomic E-state index is 0.0732. The number of fused-ring (bicyclic) bond motifs is 5. The van der Waals surface area contributed by atoms with E-state index in [-0.39, 0.29) is 5.41 Å². The first-order chi connectivity index (χ1) is 14.7. The third kappa shape index (κ3) is 2.88.